The van der Waals surface area contributed by atoms with Crippen LogP contribution in [0.25, 0.3) is 0 Å². The van der Waals surface area contributed by atoms with Crippen molar-refractivity contribution in [2.75, 3.05) is 5.88 Å². The first-order valence-electron chi connectivity index (χ1n) is 6.28. The molecule has 19 heavy (non-hydrogen) atoms. The maximum atomic E-state index is 12.4. The molecule has 2 unspecified atom stereocenters. The van der Waals surface area contributed by atoms with Crippen molar-refractivity contribution in [1.29, 1.82) is 0 Å². The normalized spacial score (nSPS) is 24.6. The molecule has 1 heterocycles. The Hall–Kier alpha value is 0.380. The molecule has 1 N–H and O–H groups in total. The van der Waals surface area contributed by atoms with Gasteiger partial charge in [-0.15, -0.1) is 22.9 Å². The predicted molar refractivity (Wildman–Crippen MR) is 83.5 cm³/mol. The Morgan fingerprint density at radius 1 is 1.47 bits per heavy atom. The lowest BCUT2D eigenvalue weighted by Gasteiger charge is -2.30. The van der Waals surface area contributed by atoms with Crippen molar-refractivity contribution in [3.8, 4) is 0 Å². The highest BCUT2D eigenvalue weighted by Crippen LogP contribution is 2.32. The van der Waals surface area contributed by atoms with Gasteiger partial charge in [-0.3, -0.25) is 0 Å². The Morgan fingerprint density at radius 2 is 2.16 bits per heavy atom. The highest BCUT2D eigenvalue weighted by Gasteiger charge is 2.29. The Labute approximate surface area is 131 Å². The number of thiophene rings is 1. The van der Waals surface area contributed by atoms with Gasteiger partial charge in [0, 0.05) is 11.9 Å². The Balaban J connectivity index is 2.16. The van der Waals surface area contributed by atoms with E-state index in [4.69, 9.17) is 11.6 Å². The summed E-state index contributed by atoms with van der Waals surface area (Å²) in [6, 6.07) is 1.67. The van der Waals surface area contributed by atoms with Gasteiger partial charge >= 0.3 is 0 Å². The third kappa shape index (κ3) is 3.73. The van der Waals surface area contributed by atoms with Crippen molar-refractivity contribution in [3.63, 3.8) is 0 Å². The molecule has 1 aliphatic carbocycles. The SMILES string of the molecule is Cc1cc(S(=O)(=O)NC2CCCCC2CCl)sc1Br. The van der Waals surface area contributed by atoms with Crippen LogP contribution in [0.1, 0.15) is 31.2 Å². The first-order chi connectivity index (χ1) is 8.94. The van der Waals surface area contributed by atoms with Gasteiger partial charge in [0.05, 0.1) is 3.79 Å². The minimum atomic E-state index is -3.42. The van der Waals surface area contributed by atoms with Crippen LogP contribution < -0.4 is 4.72 Å². The minimum Gasteiger partial charge on any atom is -0.207 e. The number of halogens is 2. The summed E-state index contributed by atoms with van der Waals surface area (Å²) >= 11 is 10.6. The second-order valence-electron chi connectivity index (χ2n) is 4.95. The van der Waals surface area contributed by atoms with Crippen molar-refractivity contribution in [2.24, 2.45) is 5.92 Å². The van der Waals surface area contributed by atoms with Crippen LogP contribution >= 0.6 is 38.9 Å². The van der Waals surface area contributed by atoms with E-state index in [-0.39, 0.29) is 12.0 Å². The molecule has 1 aromatic heterocycles. The molecule has 108 valence electrons. The van der Waals surface area contributed by atoms with Crippen molar-refractivity contribution in [2.45, 2.75) is 42.9 Å². The van der Waals surface area contributed by atoms with E-state index >= 15 is 0 Å². The Kier molecular flexibility index (Phi) is 5.34. The van der Waals surface area contributed by atoms with Crippen LogP contribution in [0.2, 0.25) is 0 Å². The van der Waals surface area contributed by atoms with Gasteiger partial charge in [-0.05, 0) is 53.2 Å². The van der Waals surface area contributed by atoms with Crippen molar-refractivity contribution >= 4 is 48.9 Å². The number of aryl methyl sites for hydroxylation is 1. The lowest BCUT2D eigenvalue weighted by molar-refractivity contribution is 0.314. The number of alkyl halides is 1. The van der Waals surface area contributed by atoms with Gasteiger partial charge in [-0.2, -0.15) is 0 Å². The van der Waals surface area contributed by atoms with Gasteiger partial charge in [-0.25, -0.2) is 13.1 Å². The Morgan fingerprint density at radius 3 is 2.74 bits per heavy atom. The largest absolute Gasteiger partial charge is 0.250 e. The zero-order valence-electron chi connectivity index (χ0n) is 10.7. The summed E-state index contributed by atoms with van der Waals surface area (Å²) in [5.74, 6) is 0.759. The van der Waals surface area contributed by atoms with Gasteiger partial charge in [-0.1, -0.05) is 12.8 Å². The van der Waals surface area contributed by atoms with Crippen LogP contribution in [-0.2, 0) is 10.0 Å². The van der Waals surface area contributed by atoms with E-state index in [9.17, 15) is 8.42 Å². The number of rotatable bonds is 4. The number of nitrogens with one attached hydrogen (secondary N) is 1. The van der Waals surface area contributed by atoms with Crippen LogP contribution in [0.3, 0.4) is 0 Å². The van der Waals surface area contributed by atoms with E-state index in [0.717, 1.165) is 35.0 Å². The zero-order chi connectivity index (χ0) is 14.0. The predicted octanol–water partition coefficient (Wildman–Crippen LogP) is 3.89. The molecule has 0 radical (unpaired) electrons. The van der Waals surface area contributed by atoms with E-state index in [0.29, 0.717) is 10.1 Å². The van der Waals surface area contributed by atoms with Crippen LogP contribution in [0.15, 0.2) is 14.1 Å². The minimum absolute atomic E-state index is 0.0302. The molecule has 1 aliphatic rings. The molecule has 0 aromatic carbocycles. The second-order valence-corrected chi connectivity index (χ2v) is 9.57. The molecule has 1 saturated carbocycles. The average molecular weight is 387 g/mol. The fourth-order valence-electron chi connectivity index (χ4n) is 2.37. The fourth-order valence-corrected chi connectivity index (χ4v) is 6.32. The number of hydrogen-bond acceptors (Lipinski definition) is 3. The van der Waals surface area contributed by atoms with Crippen LogP contribution in [-0.4, -0.2) is 20.3 Å². The summed E-state index contributed by atoms with van der Waals surface area (Å²) in [4.78, 5) is 0. The highest BCUT2D eigenvalue weighted by molar-refractivity contribution is 9.11. The first-order valence-corrected chi connectivity index (χ1v) is 9.91. The van der Waals surface area contributed by atoms with Crippen LogP contribution in [0.5, 0.6) is 0 Å². The van der Waals surface area contributed by atoms with Gasteiger partial charge in [0.15, 0.2) is 0 Å². The molecule has 1 aromatic rings. The average Bonchev–Trinajstić information content (AvgIpc) is 2.71. The van der Waals surface area contributed by atoms with Gasteiger partial charge in [0.25, 0.3) is 0 Å². The molecule has 7 heteroatoms. The van der Waals surface area contributed by atoms with E-state index in [1.165, 1.54) is 11.3 Å². The van der Waals surface area contributed by atoms with Crippen molar-refractivity contribution in [3.05, 3.63) is 15.4 Å². The fraction of sp³-hybridized carbons (Fsp3) is 0.667. The summed E-state index contributed by atoms with van der Waals surface area (Å²) in [5, 5.41) is 0. The molecule has 3 nitrogen and oxygen atoms in total. The monoisotopic (exact) mass is 385 g/mol. The molecular weight excluding hydrogens is 370 g/mol. The standard InChI is InChI=1S/C12H17BrClNO2S2/c1-8-6-11(18-12(8)13)19(16,17)15-10-5-3-2-4-9(10)7-14/h6,9-10,15H,2-5,7H2,1H3. The van der Waals surface area contributed by atoms with Crippen molar-refractivity contribution < 1.29 is 8.42 Å². The van der Waals surface area contributed by atoms with E-state index < -0.39 is 10.0 Å². The number of sulfonamides is 1. The highest BCUT2D eigenvalue weighted by atomic mass is 79.9. The zero-order valence-corrected chi connectivity index (χ0v) is 14.6. The molecule has 1 fully saturated rings. The molecule has 0 aliphatic heterocycles. The first kappa shape index (κ1) is 15.8. The van der Waals surface area contributed by atoms with Gasteiger partial charge in [0.1, 0.15) is 4.21 Å². The van der Waals surface area contributed by atoms with Gasteiger partial charge in [0.2, 0.25) is 10.0 Å². The lowest BCUT2D eigenvalue weighted by Crippen LogP contribution is -2.42. The topological polar surface area (TPSA) is 46.2 Å². The Bertz CT molecular complexity index is 524. The summed E-state index contributed by atoms with van der Waals surface area (Å²) in [7, 11) is -3.42. The lowest BCUT2D eigenvalue weighted by atomic mass is 9.86. The third-order valence-electron chi connectivity index (χ3n) is 3.51. The molecule has 0 bridgehead atoms. The molecular formula is C12H17BrClNO2S2. The summed E-state index contributed by atoms with van der Waals surface area (Å²) in [5.41, 5.74) is 0.947. The molecule has 0 saturated heterocycles. The van der Waals surface area contributed by atoms with Gasteiger partial charge < -0.3 is 0 Å². The molecule has 0 spiro atoms. The quantitative estimate of drug-likeness (QED) is 0.798. The summed E-state index contributed by atoms with van der Waals surface area (Å²) in [6.45, 7) is 1.89. The summed E-state index contributed by atoms with van der Waals surface area (Å²) in [6.07, 6.45) is 4.08. The third-order valence-corrected chi connectivity index (χ3v) is 8.01. The molecule has 2 rings (SSSR count). The number of hydrogen-bond donors (Lipinski definition) is 1. The van der Waals surface area contributed by atoms with Crippen LogP contribution in [0, 0.1) is 12.8 Å². The van der Waals surface area contributed by atoms with Crippen molar-refractivity contribution in [1.82, 2.24) is 4.72 Å². The second kappa shape index (κ2) is 6.43. The van der Waals surface area contributed by atoms with E-state index in [2.05, 4.69) is 20.7 Å². The molecule has 2 atom stereocenters. The van der Waals surface area contributed by atoms with E-state index in [1.54, 1.807) is 6.07 Å². The maximum absolute atomic E-state index is 12.4. The maximum Gasteiger partial charge on any atom is 0.250 e. The molecule has 0 amide bonds. The van der Waals surface area contributed by atoms with Crippen LogP contribution in [0.4, 0.5) is 0 Å². The van der Waals surface area contributed by atoms with E-state index in [1.807, 2.05) is 6.92 Å². The smallest absolute Gasteiger partial charge is 0.207 e. The summed E-state index contributed by atoms with van der Waals surface area (Å²) < 4.78 is 28.8.